The molecule has 23 heavy (non-hydrogen) atoms. The van der Waals surface area contributed by atoms with Crippen LogP contribution >= 0.6 is 11.6 Å². The average molecular weight is 333 g/mol. The third kappa shape index (κ3) is 4.47. The van der Waals surface area contributed by atoms with E-state index in [9.17, 15) is 9.90 Å². The molecule has 4 nitrogen and oxygen atoms in total. The molecule has 0 aliphatic carbocycles. The van der Waals surface area contributed by atoms with E-state index in [1.54, 1.807) is 18.2 Å². The largest absolute Gasteiger partial charge is 0.381 e. The first kappa shape index (κ1) is 17.3. The van der Waals surface area contributed by atoms with Crippen molar-refractivity contribution in [2.75, 3.05) is 11.9 Å². The molecule has 0 aliphatic heterocycles. The SMILES string of the molecule is CCNC(=O)C(O)C(Nc1ccccc1C)c1cccc(Cl)c1. The van der Waals surface area contributed by atoms with Gasteiger partial charge in [0.05, 0.1) is 6.04 Å². The van der Waals surface area contributed by atoms with Crippen molar-refractivity contribution in [2.24, 2.45) is 0 Å². The summed E-state index contributed by atoms with van der Waals surface area (Å²) < 4.78 is 0. The Kier molecular flexibility index (Phi) is 6.02. The number of benzene rings is 2. The summed E-state index contributed by atoms with van der Waals surface area (Å²) in [5.41, 5.74) is 2.64. The maximum Gasteiger partial charge on any atom is 0.251 e. The van der Waals surface area contributed by atoms with Crippen LogP contribution in [0.2, 0.25) is 5.02 Å². The summed E-state index contributed by atoms with van der Waals surface area (Å²) >= 11 is 6.06. The molecule has 0 bridgehead atoms. The molecule has 3 N–H and O–H groups in total. The number of carbonyl (C=O) groups excluding carboxylic acids is 1. The molecule has 2 atom stereocenters. The number of aliphatic hydroxyl groups is 1. The highest BCUT2D eigenvalue weighted by atomic mass is 35.5. The smallest absolute Gasteiger partial charge is 0.251 e. The summed E-state index contributed by atoms with van der Waals surface area (Å²) in [6.45, 7) is 4.24. The van der Waals surface area contributed by atoms with Crippen LogP contribution in [0.1, 0.15) is 24.1 Å². The Morgan fingerprint density at radius 1 is 1.22 bits per heavy atom. The van der Waals surface area contributed by atoms with Crippen molar-refractivity contribution in [3.63, 3.8) is 0 Å². The van der Waals surface area contributed by atoms with Crippen LogP contribution in [0.4, 0.5) is 5.69 Å². The van der Waals surface area contributed by atoms with Gasteiger partial charge in [0.1, 0.15) is 0 Å². The maximum atomic E-state index is 12.1. The Balaban J connectivity index is 2.35. The van der Waals surface area contributed by atoms with Crippen LogP contribution in [0.5, 0.6) is 0 Å². The van der Waals surface area contributed by atoms with Crippen LogP contribution in [-0.2, 0) is 4.79 Å². The number of aliphatic hydroxyl groups excluding tert-OH is 1. The van der Waals surface area contributed by atoms with E-state index in [0.717, 1.165) is 16.8 Å². The van der Waals surface area contributed by atoms with Gasteiger partial charge in [-0.3, -0.25) is 4.79 Å². The number of halogens is 1. The molecule has 0 fully saturated rings. The molecule has 0 saturated heterocycles. The lowest BCUT2D eigenvalue weighted by Gasteiger charge is -2.26. The molecule has 0 saturated carbocycles. The molecule has 0 heterocycles. The Bertz CT molecular complexity index is 676. The molecule has 2 rings (SSSR count). The summed E-state index contributed by atoms with van der Waals surface area (Å²) in [6, 6.07) is 14.3. The summed E-state index contributed by atoms with van der Waals surface area (Å²) in [4.78, 5) is 12.1. The van der Waals surface area contributed by atoms with Crippen molar-refractivity contribution in [2.45, 2.75) is 26.0 Å². The summed E-state index contributed by atoms with van der Waals surface area (Å²) in [5.74, 6) is -0.418. The first-order valence-corrected chi connectivity index (χ1v) is 7.94. The molecular weight excluding hydrogens is 312 g/mol. The molecule has 0 aliphatic rings. The molecule has 0 spiro atoms. The fraction of sp³-hybridized carbons (Fsp3) is 0.278. The fourth-order valence-electron chi connectivity index (χ4n) is 2.38. The van der Waals surface area contributed by atoms with Gasteiger partial charge in [-0.15, -0.1) is 0 Å². The van der Waals surface area contributed by atoms with E-state index in [4.69, 9.17) is 11.6 Å². The lowest BCUT2D eigenvalue weighted by Crippen LogP contribution is -2.41. The number of rotatable bonds is 6. The number of nitrogens with one attached hydrogen (secondary N) is 2. The predicted molar refractivity (Wildman–Crippen MR) is 93.7 cm³/mol. The molecule has 0 radical (unpaired) electrons. The van der Waals surface area contributed by atoms with E-state index in [1.165, 1.54) is 0 Å². The molecule has 0 aromatic heterocycles. The number of aryl methyl sites for hydroxylation is 1. The summed E-state index contributed by atoms with van der Waals surface area (Å²) in [5, 5.41) is 17.0. The first-order valence-electron chi connectivity index (χ1n) is 7.56. The van der Waals surface area contributed by atoms with Crippen molar-refractivity contribution in [1.82, 2.24) is 5.32 Å². The van der Waals surface area contributed by atoms with Gasteiger partial charge in [0.25, 0.3) is 5.91 Å². The second-order valence-electron chi connectivity index (χ2n) is 5.33. The van der Waals surface area contributed by atoms with Crippen molar-refractivity contribution in [3.8, 4) is 0 Å². The van der Waals surface area contributed by atoms with E-state index < -0.39 is 18.1 Å². The van der Waals surface area contributed by atoms with Gasteiger partial charge in [-0.05, 0) is 43.2 Å². The van der Waals surface area contributed by atoms with Crippen molar-refractivity contribution >= 4 is 23.2 Å². The molecule has 122 valence electrons. The lowest BCUT2D eigenvalue weighted by atomic mass is 9.99. The number of carbonyl (C=O) groups is 1. The number of para-hydroxylation sites is 1. The third-order valence-corrected chi connectivity index (χ3v) is 3.83. The number of anilines is 1. The predicted octanol–water partition coefficient (Wildman–Crippen LogP) is 3.30. The minimum absolute atomic E-state index is 0.418. The zero-order valence-electron chi connectivity index (χ0n) is 13.2. The second-order valence-corrected chi connectivity index (χ2v) is 5.77. The third-order valence-electron chi connectivity index (χ3n) is 3.60. The van der Waals surface area contributed by atoms with Gasteiger partial charge >= 0.3 is 0 Å². The van der Waals surface area contributed by atoms with E-state index in [-0.39, 0.29) is 0 Å². The molecule has 5 heteroatoms. The topological polar surface area (TPSA) is 61.4 Å². The van der Waals surface area contributed by atoms with Gasteiger partial charge in [-0.2, -0.15) is 0 Å². The van der Waals surface area contributed by atoms with Gasteiger partial charge in [0, 0.05) is 17.3 Å². The summed E-state index contributed by atoms with van der Waals surface area (Å²) in [6.07, 6.45) is -1.23. The number of hydrogen-bond donors (Lipinski definition) is 3. The maximum absolute atomic E-state index is 12.1. The van der Waals surface area contributed by atoms with Crippen LogP contribution in [0.25, 0.3) is 0 Å². The van der Waals surface area contributed by atoms with Crippen molar-refractivity contribution in [1.29, 1.82) is 0 Å². The minimum atomic E-state index is -1.23. The number of amides is 1. The van der Waals surface area contributed by atoms with E-state index in [1.807, 2.05) is 44.2 Å². The quantitative estimate of drug-likeness (QED) is 0.760. The highest BCUT2D eigenvalue weighted by Gasteiger charge is 2.27. The Morgan fingerprint density at radius 2 is 1.96 bits per heavy atom. The lowest BCUT2D eigenvalue weighted by molar-refractivity contribution is -0.130. The molecule has 2 aromatic rings. The Morgan fingerprint density at radius 3 is 2.61 bits per heavy atom. The van der Waals surface area contributed by atoms with Crippen molar-refractivity contribution < 1.29 is 9.90 Å². The zero-order valence-corrected chi connectivity index (χ0v) is 14.0. The van der Waals surface area contributed by atoms with Gasteiger partial charge in [0.2, 0.25) is 0 Å². The zero-order chi connectivity index (χ0) is 16.8. The van der Waals surface area contributed by atoms with Gasteiger partial charge < -0.3 is 15.7 Å². The fourth-order valence-corrected chi connectivity index (χ4v) is 2.58. The second kappa shape index (κ2) is 7.99. The van der Waals surface area contributed by atoms with Crippen LogP contribution in [0, 0.1) is 6.92 Å². The summed E-state index contributed by atoms with van der Waals surface area (Å²) in [7, 11) is 0. The molecule has 1 amide bonds. The molecule has 2 aromatic carbocycles. The van der Waals surface area contributed by atoms with E-state index >= 15 is 0 Å². The average Bonchev–Trinajstić information content (AvgIpc) is 2.53. The molecular formula is C18H21ClN2O2. The highest BCUT2D eigenvalue weighted by molar-refractivity contribution is 6.30. The standard InChI is InChI=1S/C18H21ClN2O2/c1-3-20-18(23)17(22)16(13-8-6-9-14(19)11-13)21-15-10-5-4-7-12(15)2/h4-11,16-17,21-22H,3H2,1-2H3,(H,20,23). The monoisotopic (exact) mass is 332 g/mol. The number of likely N-dealkylation sites (N-methyl/N-ethyl adjacent to an activating group) is 1. The Hall–Kier alpha value is -2.04. The van der Waals surface area contributed by atoms with Crippen LogP contribution in [-0.4, -0.2) is 23.7 Å². The van der Waals surface area contributed by atoms with Gasteiger partial charge in [-0.25, -0.2) is 0 Å². The highest BCUT2D eigenvalue weighted by Crippen LogP contribution is 2.27. The Labute approximate surface area is 141 Å². The first-order chi connectivity index (χ1) is 11.0. The van der Waals surface area contributed by atoms with Gasteiger partial charge in [0.15, 0.2) is 6.10 Å². The van der Waals surface area contributed by atoms with Crippen LogP contribution < -0.4 is 10.6 Å². The number of hydrogen-bond acceptors (Lipinski definition) is 3. The molecule has 2 unspecified atom stereocenters. The van der Waals surface area contributed by atoms with E-state index in [0.29, 0.717) is 11.6 Å². The van der Waals surface area contributed by atoms with Crippen LogP contribution in [0.15, 0.2) is 48.5 Å². The normalized spacial score (nSPS) is 13.2. The minimum Gasteiger partial charge on any atom is -0.381 e. The van der Waals surface area contributed by atoms with E-state index in [2.05, 4.69) is 10.6 Å². The van der Waals surface area contributed by atoms with Crippen LogP contribution in [0.3, 0.4) is 0 Å². The van der Waals surface area contributed by atoms with Gasteiger partial charge in [-0.1, -0.05) is 41.9 Å². The van der Waals surface area contributed by atoms with Crippen molar-refractivity contribution in [3.05, 3.63) is 64.7 Å².